The zero-order valence-corrected chi connectivity index (χ0v) is 25.5. The van der Waals surface area contributed by atoms with E-state index in [1.54, 1.807) is 0 Å². The van der Waals surface area contributed by atoms with Crippen LogP contribution in [0.2, 0.25) is 0 Å². The van der Waals surface area contributed by atoms with Gasteiger partial charge in [-0.05, 0) is 11.8 Å². The fourth-order valence-corrected chi connectivity index (χ4v) is 7.89. The van der Waals surface area contributed by atoms with Crippen LogP contribution in [0.1, 0.15) is 17.9 Å². The Balaban J connectivity index is 1.22. The number of nitrogen functional groups attached to an aromatic ring is 1. The van der Waals surface area contributed by atoms with Crippen molar-refractivity contribution in [3.05, 3.63) is 51.3 Å². The number of phosphoric acid groups is 1. The van der Waals surface area contributed by atoms with E-state index in [0.717, 1.165) is 12.7 Å². The van der Waals surface area contributed by atoms with E-state index in [-0.39, 0.29) is 33.6 Å². The highest BCUT2D eigenvalue weighted by Gasteiger charge is 2.53. The Morgan fingerprint density at radius 2 is 1.76 bits per heavy atom. The molecule has 21 nitrogen and oxygen atoms in total. The largest absolute Gasteiger partial charge is 0.472 e. The van der Waals surface area contributed by atoms with Gasteiger partial charge in [0, 0.05) is 18.0 Å². The number of nitrogens with zero attached hydrogens (tertiary/aromatic N) is 5. The molecule has 2 bridgehead atoms. The Morgan fingerprint density at radius 3 is 2.57 bits per heavy atom. The number of aliphatic hydroxyl groups excluding tert-OH is 2. The number of rotatable bonds is 2. The maximum Gasteiger partial charge on any atom is 0.472 e. The predicted molar refractivity (Wildman–Crippen MR) is 154 cm³/mol. The summed E-state index contributed by atoms with van der Waals surface area (Å²) in [6.45, 7) is -5.72. The number of ether oxygens (including phenoxy) is 2. The van der Waals surface area contributed by atoms with Crippen molar-refractivity contribution < 1.29 is 52.1 Å². The van der Waals surface area contributed by atoms with Crippen molar-refractivity contribution in [2.75, 3.05) is 18.9 Å². The summed E-state index contributed by atoms with van der Waals surface area (Å²) < 4.78 is 47.8. The predicted octanol–water partition coefficient (Wildman–Crippen LogP) is -1.77. The SMILES string of the molecule is Nc1nc2c(ncn2[C@@H]2O[C@@H]3COP(=O)(O)OC4[C@@H](COP(O)(=S)O[C@H]2C3O)O[C@@H](c2cncc3c(=O)[nH]cnc23)[C@H]4O)c(=O)[nH]1. The molecule has 3 aliphatic rings. The Hall–Kier alpha value is -3.08. The van der Waals surface area contributed by atoms with Crippen LogP contribution in [0.4, 0.5) is 5.95 Å². The molecule has 0 aliphatic carbocycles. The molecule has 3 aliphatic heterocycles. The molecule has 10 atom stereocenters. The van der Waals surface area contributed by atoms with Crippen LogP contribution >= 0.6 is 14.5 Å². The van der Waals surface area contributed by atoms with Crippen molar-refractivity contribution in [3.8, 4) is 0 Å². The molecule has 0 saturated carbocycles. The van der Waals surface area contributed by atoms with Crippen LogP contribution in [-0.4, -0.2) is 104 Å². The van der Waals surface area contributed by atoms with Gasteiger partial charge < -0.3 is 44.7 Å². The number of imidazole rings is 1. The first kappa shape index (κ1) is 31.5. The molecule has 24 heteroatoms. The second kappa shape index (κ2) is 11.6. The maximum absolute atomic E-state index is 13.1. The summed E-state index contributed by atoms with van der Waals surface area (Å²) in [6.07, 6.45) is -7.06. The van der Waals surface area contributed by atoms with Gasteiger partial charge in [0.2, 0.25) is 5.95 Å². The minimum absolute atomic E-state index is 0.0697. The topological polar surface area (TPSA) is 302 Å². The van der Waals surface area contributed by atoms with E-state index in [4.69, 9.17) is 45.1 Å². The lowest BCUT2D eigenvalue weighted by Crippen LogP contribution is -2.36. The Kier molecular flexibility index (Phi) is 7.92. The average Bonchev–Trinajstić information content (AvgIpc) is 3.64. The zero-order chi connectivity index (χ0) is 32.5. The monoisotopic (exact) mass is 702 g/mol. The summed E-state index contributed by atoms with van der Waals surface area (Å²) in [5, 5.41) is 22.4. The summed E-state index contributed by atoms with van der Waals surface area (Å²) in [5.41, 5.74) is 4.60. The number of nitrogens with two attached hydrogens (primary N) is 1. The Labute approximate surface area is 260 Å². The molecule has 7 heterocycles. The van der Waals surface area contributed by atoms with Gasteiger partial charge in [0.05, 0.1) is 36.8 Å². The lowest BCUT2D eigenvalue weighted by atomic mass is 10.0. The summed E-state index contributed by atoms with van der Waals surface area (Å²) in [4.78, 5) is 67.3. The first-order valence-corrected chi connectivity index (χ1v) is 17.4. The van der Waals surface area contributed by atoms with Crippen molar-refractivity contribution in [2.45, 2.75) is 49.0 Å². The molecule has 7 rings (SSSR count). The molecule has 3 fully saturated rings. The van der Waals surface area contributed by atoms with Crippen LogP contribution in [-0.2, 0) is 43.9 Å². The highest BCUT2D eigenvalue weighted by atomic mass is 32.5. The van der Waals surface area contributed by atoms with Gasteiger partial charge in [-0.1, -0.05) is 0 Å². The summed E-state index contributed by atoms with van der Waals surface area (Å²) in [5.74, 6) is -0.250. The average molecular weight is 702 g/mol. The molecular weight excluding hydrogens is 678 g/mol. The van der Waals surface area contributed by atoms with Gasteiger partial charge in [-0.3, -0.25) is 37.7 Å². The molecule has 0 aromatic carbocycles. The molecule has 4 unspecified atom stereocenters. The lowest BCUT2D eigenvalue weighted by molar-refractivity contribution is -0.0607. The number of aliphatic hydroxyl groups is 2. The van der Waals surface area contributed by atoms with Crippen LogP contribution in [0.15, 0.2) is 34.6 Å². The number of nitrogens with one attached hydrogen (secondary N) is 2. The van der Waals surface area contributed by atoms with Crippen LogP contribution < -0.4 is 16.9 Å². The third-order valence-electron chi connectivity index (χ3n) is 7.57. The van der Waals surface area contributed by atoms with Crippen LogP contribution in [0.3, 0.4) is 0 Å². The summed E-state index contributed by atoms with van der Waals surface area (Å²) >= 11 is 5.22. The molecule has 0 amide bonds. The fourth-order valence-electron chi connectivity index (χ4n) is 5.51. The van der Waals surface area contributed by atoms with E-state index in [2.05, 4.69) is 29.9 Å². The number of H-pyrrole nitrogens is 2. The molecular formula is C22H24N8O13P2S. The van der Waals surface area contributed by atoms with Crippen molar-refractivity contribution in [3.63, 3.8) is 0 Å². The number of pyridine rings is 1. The normalized spacial score (nSPS) is 37.0. The number of aromatic amines is 2. The first-order chi connectivity index (χ1) is 21.8. The van der Waals surface area contributed by atoms with E-state index in [1.807, 2.05) is 0 Å². The van der Waals surface area contributed by atoms with Crippen LogP contribution in [0.5, 0.6) is 0 Å². The number of anilines is 1. The molecule has 46 heavy (non-hydrogen) atoms. The van der Waals surface area contributed by atoms with Crippen molar-refractivity contribution in [2.24, 2.45) is 0 Å². The Morgan fingerprint density at radius 1 is 0.978 bits per heavy atom. The second-order valence-electron chi connectivity index (χ2n) is 10.4. The van der Waals surface area contributed by atoms with E-state index in [0.29, 0.717) is 0 Å². The second-order valence-corrected chi connectivity index (χ2v) is 14.6. The molecule has 0 radical (unpaired) electrons. The standard InChI is InChI=1S/C22H24N8O13P2S/c23-22-28-18-12(20(34)29-22)27-6-30(18)21-17-13(31)9(41-21)3-38-44(35,36)42-16-10(4-39-45(37,46)43-17)40-15(14(16)32)7-1-24-2-8-11(7)25-5-26-19(8)33/h1-2,5-6,9-10,13-17,21,31-32H,3-4H2,(H,35,36)(H,37,46)(H,25,26,33)(H3,23,28,29,34)/t9-,10-,13?,14-,15+,16?,17+,21-,45?/m1/s1. The smallest absolute Gasteiger partial charge is 0.387 e. The number of phosphoric ester groups is 1. The van der Waals surface area contributed by atoms with E-state index < -0.39 is 87.8 Å². The maximum atomic E-state index is 13.1. The van der Waals surface area contributed by atoms with Crippen LogP contribution in [0.25, 0.3) is 22.1 Å². The molecule has 8 N–H and O–H groups in total. The number of aromatic nitrogens is 7. The molecule has 246 valence electrons. The van der Waals surface area contributed by atoms with Crippen molar-refractivity contribution >= 4 is 54.4 Å². The molecule has 3 saturated heterocycles. The highest BCUT2D eigenvalue weighted by Crippen LogP contribution is 2.54. The summed E-state index contributed by atoms with van der Waals surface area (Å²) in [7, 11) is -5.04. The van der Waals surface area contributed by atoms with Crippen molar-refractivity contribution in [1.29, 1.82) is 0 Å². The fraction of sp³-hybridized carbons (Fsp3) is 0.455. The van der Waals surface area contributed by atoms with Gasteiger partial charge >= 0.3 is 14.5 Å². The number of hydrogen-bond donors (Lipinski definition) is 7. The van der Waals surface area contributed by atoms with Gasteiger partial charge in [0.15, 0.2) is 17.4 Å². The van der Waals surface area contributed by atoms with Gasteiger partial charge in [0.1, 0.15) is 42.7 Å². The number of hydrogen-bond acceptors (Lipinski definition) is 17. The minimum atomic E-state index is -5.04. The number of fused-ring (bicyclic) bond motifs is 5. The lowest BCUT2D eigenvalue weighted by Gasteiger charge is -2.27. The molecule has 4 aromatic rings. The van der Waals surface area contributed by atoms with Gasteiger partial charge in [0.25, 0.3) is 11.1 Å². The first-order valence-electron chi connectivity index (χ1n) is 13.3. The van der Waals surface area contributed by atoms with Gasteiger partial charge in [-0.25, -0.2) is 14.5 Å². The van der Waals surface area contributed by atoms with E-state index in [9.17, 15) is 34.2 Å². The molecule has 4 aromatic heterocycles. The van der Waals surface area contributed by atoms with E-state index >= 15 is 0 Å². The highest BCUT2D eigenvalue weighted by molar-refractivity contribution is 8.07. The zero-order valence-electron chi connectivity index (χ0n) is 22.9. The van der Waals surface area contributed by atoms with Crippen LogP contribution in [0, 0.1) is 0 Å². The van der Waals surface area contributed by atoms with Crippen molar-refractivity contribution in [1.82, 2.24) is 34.5 Å². The quantitative estimate of drug-likeness (QED) is 0.114. The minimum Gasteiger partial charge on any atom is -0.387 e. The summed E-state index contributed by atoms with van der Waals surface area (Å²) in [6, 6.07) is 0. The third kappa shape index (κ3) is 5.60. The Bertz CT molecular complexity index is 2040. The molecule has 0 spiro atoms. The van der Waals surface area contributed by atoms with Gasteiger partial charge in [-0.2, -0.15) is 4.98 Å². The van der Waals surface area contributed by atoms with E-state index in [1.165, 1.54) is 17.0 Å². The van der Waals surface area contributed by atoms with Gasteiger partial charge in [-0.15, -0.1) is 0 Å². The third-order valence-corrected chi connectivity index (χ3v) is 10.1.